The second-order valence-electron chi connectivity index (χ2n) is 4.74. The summed E-state index contributed by atoms with van der Waals surface area (Å²) in [5.41, 5.74) is 5.33. The molecule has 0 aromatic carbocycles. The maximum Gasteiger partial charge on any atom is 0.220 e. The van der Waals surface area contributed by atoms with Crippen molar-refractivity contribution in [1.29, 1.82) is 0 Å². The molecule has 0 saturated carbocycles. The van der Waals surface area contributed by atoms with Crippen LogP contribution in [0.15, 0.2) is 0 Å². The summed E-state index contributed by atoms with van der Waals surface area (Å²) in [6.45, 7) is 6.95. The molecule has 0 rings (SSSR count). The molecule has 1 amide bonds. The fourth-order valence-electron chi connectivity index (χ4n) is 1.31. The first-order valence-corrected chi connectivity index (χ1v) is 6.03. The summed E-state index contributed by atoms with van der Waals surface area (Å²) in [6.07, 6.45) is 5.91. The lowest BCUT2D eigenvalue weighted by Gasteiger charge is -2.24. The number of amides is 1. The molecule has 0 unspecified atom stereocenters. The summed E-state index contributed by atoms with van der Waals surface area (Å²) < 4.78 is 0. The van der Waals surface area contributed by atoms with Gasteiger partial charge in [0.25, 0.3) is 0 Å². The summed E-state index contributed by atoms with van der Waals surface area (Å²) in [5, 5.41) is 3.03. The van der Waals surface area contributed by atoms with Gasteiger partial charge in [0.2, 0.25) is 5.91 Å². The third-order valence-electron chi connectivity index (χ3n) is 2.72. The molecule has 0 bridgehead atoms. The molecule has 0 aromatic rings. The lowest BCUT2D eigenvalue weighted by Crippen LogP contribution is -2.42. The minimum Gasteiger partial charge on any atom is -0.351 e. The lowest BCUT2D eigenvalue weighted by atomic mass is 10.0. The average Bonchev–Trinajstić information content (AvgIpc) is 2.17. The summed E-state index contributed by atoms with van der Waals surface area (Å²) in [6, 6.07) is 0. The number of hydrogen-bond acceptors (Lipinski definition) is 2. The van der Waals surface area contributed by atoms with Crippen molar-refractivity contribution >= 4 is 18.3 Å². The van der Waals surface area contributed by atoms with Crippen molar-refractivity contribution in [1.82, 2.24) is 5.32 Å². The van der Waals surface area contributed by atoms with Gasteiger partial charge in [0.1, 0.15) is 0 Å². The SMILES string of the molecule is CCC(C)(C)NC(=O)CCCCCCN.Cl. The molecule has 3 nitrogen and oxygen atoms in total. The van der Waals surface area contributed by atoms with Crippen LogP contribution >= 0.6 is 12.4 Å². The van der Waals surface area contributed by atoms with Crippen molar-refractivity contribution in [3.05, 3.63) is 0 Å². The number of unbranched alkanes of at least 4 members (excludes halogenated alkanes) is 3. The summed E-state index contributed by atoms with van der Waals surface area (Å²) in [5.74, 6) is 0.176. The molecule has 16 heavy (non-hydrogen) atoms. The number of carbonyl (C=O) groups excluding carboxylic acids is 1. The maximum absolute atomic E-state index is 11.5. The lowest BCUT2D eigenvalue weighted by molar-refractivity contribution is -0.122. The monoisotopic (exact) mass is 250 g/mol. The summed E-state index contributed by atoms with van der Waals surface area (Å²) >= 11 is 0. The molecule has 0 aliphatic rings. The topological polar surface area (TPSA) is 55.1 Å². The van der Waals surface area contributed by atoms with E-state index in [-0.39, 0.29) is 23.9 Å². The standard InChI is InChI=1S/C12H26N2O.ClH/c1-4-12(2,3)14-11(15)9-7-5-6-8-10-13;/h4-10,13H2,1-3H3,(H,14,15);1H. The maximum atomic E-state index is 11.5. The predicted molar refractivity (Wildman–Crippen MR) is 71.9 cm³/mol. The van der Waals surface area contributed by atoms with Crippen molar-refractivity contribution < 1.29 is 4.79 Å². The molecule has 0 atom stereocenters. The van der Waals surface area contributed by atoms with Crippen LogP contribution in [-0.2, 0) is 4.79 Å². The number of nitrogens with one attached hydrogen (secondary N) is 1. The van der Waals surface area contributed by atoms with E-state index in [0.717, 1.165) is 38.6 Å². The van der Waals surface area contributed by atoms with Crippen LogP contribution in [0.3, 0.4) is 0 Å². The van der Waals surface area contributed by atoms with Crippen LogP contribution in [0, 0.1) is 0 Å². The van der Waals surface area contributed by atoms with Crippen molar-refractivity contribution in [3.63, 3.8) is 0 Å². The molecule has 0 spiro atoms. The smallest absolute Gasteiger partial charge is 0.220 e. The largest absolute Gasteiger partial charge is 0.351 e. The van der Waals surface area contributed by atoms with E-state index in [9.17, 15) is 4.79 Å². The van der Waals surface area contributed by atoms with Gasteiger partial charge in [-0.25, -0.2) is 0 Å². The highest BCUT2D eigenvalue weighted by atomic mass is 35.5. The Kier molecular flexibility index (Phi) is 11.2. The fourth-order valence-corrected chi connectivity index (χ4v) is 1.31. The Balaban J connectivity index is 0. The van der Waals surface area contributed by atoms with Gasteiger partial charge in [-0.2, -0.15) is 0 Å². The van der Waals surface area contributed by atoms with Crippen LogP contribution < -0.4 is 11.1 Å². The van der Waals surface area contributed by atoms with Crippen LogP contribution in [-0.4, -0.2) is 18.0 Å². The highest BCUT2D eigenvalue weighted by Crippen LogP contribution is 2.08. The van der Waals surface area contributed by atoms with E-state index in [1.54, 1.807) is 0 Å². The van der Waals surface area contributed by atoms with Gasteiger partial charge in [-0.3, -0.25) is 4.79 Å². The van der Waals surface area contributed by atoms with Gasteiger partial charge in [-0.15, -0.1) is 12.4 Å². The van der Waals surface area contributed by atoms with Gasteiger partial charge in [0.05, 0.1) is 0 Å². The van der Waals surface area contributed by atoms with E-state index in [0.29, 0.717) is 6.42 Å². The molecule has 0 aliphatic heterocycles. The van der Waals surface area contributed by atoms with Crippen LogP contribution in [0.2, 0.25) is 0 Å². The molecular weight excluding hydrogens is 224 g/mol. The zero-order valence-electron chi connectivity index (χ0n) is 10.8. The Hall–Kier alpha value is -0.280. The summed E-state index contributed by atoms with van der Waals surface area (Å²) in [7, 11) is 0. The molecule has 0 heterocycles. The predicted octanol–water partition coefficient (Wildman–Crippen LogP) is 2.62. The highest BCUT2D eigenvalue weighted by Gasteiger charge is 2.16. The molecule has 0 aromatic heterocycles. The van der Waals surface area contributed by atoms with Crippen LogP contribution in [0.25, 0.3) is 0 Å². The molecular formula is C12H27ClN2O. The first-order chi connectivity index (χ1) is 7.02. The Morgan fingerprint density at radius 3 is 2.25 bits per heavy atom. The second kappa shape index (κ2) is 9.91. The Labute approximate surface area is 106 Å². The molecule has 98 valence electrons. The van der Waals surface area contributed by atoms with E-state index in [1.165, 1.54) is 0 Å². The zero-order valence-corrected chi connectivity index (χ0v) is 11.7. The van der Waals surface area contributed by atoms with E-state index < -0.39 is 0 Å². The summed E-state index contributed by atoms with van der Waals surface area (Å²) in [4.78, 5) is 11.5. The number of halogens is 1. The van der Waals surface area contributed by atoms with Crippen LogP contribution in [0.4, 0.5) is 0 Å². The Morgan fingerprint density at radius 1 is 1.19 bits per heavy atom. The van der Waals surface area contributed by atoms with Gasteiger partial charge >= 0.3 is 0 Å². The highest BCUT2D eigenvalue weighted by molar-refractivity contribution is 5.85. The molecule has 0 saturated heterocycles. The fraction of sp³-hybridized carbons (Fsp3) is 0.917. The van der Waals surface area contributed by atoms with Gasteiger partial charge in [-0.1, -0.05) is 19.8 Å². The first kappa shape index (κ1) is 18.1. The third kappa shape index (κ3) is 10.2. The van der Waals surface area contributed by atoms with Crippen LogP contribution in [0.5, 0.6) is 0 Å². The number of carbonyl (C=O) groups is 1. The van der Waals surface area contributed by atoms with Crippen molar-refractivity contribution in [3.8, 4) is 0 Å². The molecule has 0 fully saturated rings. The van der Waals surface area contributed by atoms with E-state index in [2.05, 4.69) is 26.1 Å². The zero-order chi connectivity index (χ0) is 11.7. The van der Waals surface area contributed by atoms with E-state index in [4.69, 9.17) is 5.73 Å². The van der Waals surface area contributed by atoms with Gasteiger partial charge in [0.15, 0.2) is 0 Å². The van der Waals surface area contributed by atoms with Gasteiger partial charge < -0.3 is 11.1 Å². The van der Waals surface area contributed by atoms with Gasteiger partial charge in [0, 0.05) is 12.0 Å². The number of nitrogens with two attached hydrogens (primary N) is 1. The Bertz CT molecular complexity index is 184. The normalized spacial score (nSPS) is 10.8. The second-order valence-corrected chi connectivity index (χ2v) is 4.74. The minimum absolute atomic E-state index is 0. The third-order valence-corrected chi connectivity index (χ3v) is 2.72. The van der Waals surface area contributed by atoms with Crippen molar-refractivity contribution in [2.75, 3.05) is 6.54 Å². The minimum atomic E-state index is -0.0612. The molecule has 4 heteroatoms. The quantitative estimate of drug-likeness (QED) is 0.651. The molecule has 0 aliphatic carbocycles. The molecule has 3 N–H and O–H groups in total. The van der Waals surface area contributed by atoms with Crippen molar-refractivity contribution in [2.45, 2.75) is 64.8 Å². The Morgan fingerprint density at radius 2 is 1.75 bits per heavy atom. The number of rotatable bonds is 8. The first-order valence-electron chi connectivity index (χ1n) is 6.03. The number of hydrogen-bond donors (Lipinski definition) is 2. The molecule has 0 radical (unpaired) electrons. The van der Waals surface area contributed by atoms with Gasteiger partial charge in [-0.05, 0) is 39.7 Å². The van der Waals surface area contributed by atoms with E-state index >= 15 is 0 Å². The van der Waals surface area contributed by atoms with Crippen molar-refractivity contribution in [2.24, 2.45) is 5.73 Å². The average molecular weight is 251 g/mol. The van der Waals surface area contributed by atoms with E-state index in [1.807, 2.05) is 0 Å². The van der Waals surface area contributed by atoms with Crippen LogP contribution in [0.1, 0.15) is 59.3 Å².